The lowest BCUT2D eigenvalue weighted by molar-refractivity contribution is 0.0665. The zero-order valence-electron chi connectivity index (χ0n) is 13.7. The Morgan fingerprint density at radius 1 is 1.46 bits per heavy atom. The number of aromatic nitrogens is 1. The average Bonchev–Trinajstić information content (AvgIpc) is 3.05. The van der Waals surface area contributed by atoms with E-state index in [2.05, 4.69) is 4.98 Å². The largest absolute Gasteiger partial charge is 0.338 e. The highest BCUT2D eigenvalue weighted by atomic mass is 32.1. The third-order valence-electron chi connectivity index (χ3n) is 4.52. The number of rotatable bonds is 4. The number of nitrogens with zero attached hydrogens (tertiary/aromatic N) is 2. The molecule has 0 saturated carbocycles. The van der Waals surface area contributed by atoms with Gasteiger partial charge in [-0.2, -0.15) is 0 Å². The molecule has 4 nitrogen and oxygen atoms in total. The van der Waals surface area contributed by atoms with Crippen molar-refractivity contribution < 1.29 is 9.18 Å². The molecule has 24 heavy (non-hydrogen) atoms. The molecule has 2 aromatic rings. The lowest BCUT2D eigenvalue weighted by atomic mass is 9.92. The van der Waals surface area contributed by atoms with Gasteiger partial charge in [-0.1, -0.05) is 12.1 Å². The minimum absolute atomic E-state index is 0.0446. The van der Waals surface area contributed by atoms with Crippen molar-refractivity contribution in [3.8, 4) is 0 Å². The minimum atomic E-state index is -0.248. The normalized spacial score (nSPS) is 19.3. The van der Waals surface area contributed by atoms with Crippen molar-refractivity contribution in [3.05, 3.63) is 51.7 Å². The summed E-state index contributed by atoms with van der Waals surface area (Å²) in [6.07, 6.45) is 4.35. The van der Waals surface area contributed by atoms with Gasteiger partial charge in [-0.15, -0.1) is 11.3 Å². The summed E-state index contributed by atoms with van der Waals surface area (Å²) in [6.45, 7) is 3.51. The molecule has 128 valence electrons. The summed E-state index contributed by atoms with van der Waals surface area (Å²) in [5.41, 5.74) is 6.98. The maximum Gasteiger partial charge on any atom is 0.265 e. The second-order valence-corrected chi connectivity index (χ2v) is 7.55. The van der Waals surface area contributed by atoms with Gasteiger partial charge in [0.2, 0.25) is 0 Å². The van der Waals surface area contributed by atoms with Crippen molar-refractivity contribution in [1.82, 2.24) is 9.88 Å². The SMILES string of the molecule is C[C@H](N)[C@H]1CCCN(C(=O)c2cnc(Cc3ccc(F)cc3)s2)C1. The molecule has 1 aromatic heterocycles. The minimum Gasteiger partial charge on any atom is -0.338 e. The van der Waals surface area contributed by atoms with E-state index < -0.39 is 0 Å². The number of nitrogens with two attached hydrogens (primary N) is 1. The van der Waals surface area contributed by atoms with Crippen molar-refractivity contribution in [2.24, 2.45) is 11.7 Å². The van der Waals surface area contributed by atoms with Crippen LogP contribution in [0.15, 0.2) is 30.5 Å². The topological polar surface area (TPSA) is 59.2 Å². The molecule has 3 rings (SSSR count). The van der Waals surface area contributed by atoms with Crippen LogP contribution in [0.1, 0.15) is 40.0 Å². The van der Waals surface area contributed by atoms with E-state index in [9.17, 15) is 9.18 Å². The average molecular weight is 347 g/mol. The Kier molecular flexibility index (Phi) is 5.26. The summed E-state index contributed by atoms with van der Waals surface area (Å²) in [5, 5.41) is 0.866. The van der Waals surface area contributed by atoms with Crippen molar-refractivity contribution in [2.75, 3.05) is 13.1 Å². The van der Waals surface area contributed by atoms with E-state index in [4.69, 9.17) is 5.73 Å². The predicted molar refractivity (Wildman–Crippen MR) is 93.6 cm³/mol. The van der Waals surface area contributed by atoms with Crippen LogP contribution in [-0.2, 0) is 6.42 Å². The van der Waals surface area contributed by atoms with Gasteiger partial charge in [-0.05, 0) is 43.4 Å². The van der Waals surface area contributed by atoms with E-state index >= 15 is 0 Å². The molecule has 2 atom stereocenters. The summed E-state index contributed by atoms with van der Waals surface area (Å²) >= 11 is 1.42. The van der Waals surface area contributed by atoms with Crippen LogP contribution in [0.3, 0.4) is 0 Å². The summed E-state index contributed by atoms with van der Waals surface area (Å²) in [4.78, 5) is 19.6. The molecule has 1 amide bonds. The predicted octanol–water partition coefficient (Wildman–Crippen LogP) is 3.07. The Hall–Kier alpha value is -1.79. The Morgan fingerprint density at radius 2 is 2.21 bits per heavy atom. The second-order valence-electron chi connectivity index (χ2n) is 6.43. The molecule has 2 N–H and O–H groups in total. The number of carbonyl (C=O) groups excluding carboxylic acids is 1. The van der Waals surface area contributed by atoms with Gasteiger partial charge in [0, 0.05) is 25.6 Å². The summed E-state index contributed by atoms with van der Waals surface area (Å²) in [6, 6.07) is 6.48. The van der Waals surface area contributed by atoms with Crippen LogP contribution < -0.4 is 5.73 Å². The smallest absolute Gasteiger partial charge is 0.265 e. The number of carbonyl (C=O) groups is 1. The van der Waals surface area contributed by atoms with Crippen LogP contribution in [-0.4, -0.2) is 34.9 Å². The molecule has 1 aliphatic heterocycles. The van der Waals surface area contributed by atoms with Gasteiger partial charge in [0.25, 0.3) is 5.91 Å². The molecule has 2 heterocycles. The van der Waals surface area contributed by atoms with Gasteiger partial charge in [-0.25, -0.2) is 9.37 Å². The first-order valence-corrected chi connectivity index (χ1v) is 9.08. The Bertz CT molecular complexity index is 699. The molecule has 6 heteroatoms. The number of likely N-dealkylation sites (tertiary alicyclic amines) is 1. The third kappa shape index (κ3) is 3.99. The maximum absolute atomic E-state index is 13.0. The number of halogens is 1. The molecule has 0 radical (unpaired) electrons. The highest BCUT2D eigenvalue weighted by Crippen LogP contribution is 2.23. The molecule has 0 spiro atoms. The Labute approximate surface area is 145 Å². The molecule has 1 saturated heterocycles. The van der Waals surface area contributed by atoms with E-state index in [0.29, 0.717) is 17.2 Å². The van der Waals surface area contributed by atoms with E-state index in [1.165, 1.54) is 23.5 Å². The van der Waals surface area contributed by atoms with Gasteiger partial charge in [0.05, 0.1) is 11.2 Å². The van der Waals surface area contributed by atoms with Crippen LogP contribution >= 0.6 is 11.3 Å². The molecule has 0 aliphatic carbocycles. The zero-order chi connectivity index (χ0) is 17.1. The number of amides is 1. The lowest BCUT2D eigenvalue weighted by Gasteiger charge is -2.34. The highest BCUT2D eigenvalue weighted by Gasteiger charge is 2.27. The number of thiazole rings is 1. The fraction of sp³-hybridized carbons (Fsp3) is 0.444. The molecule has 1 aliphatic rings. The van der Waals surface area contributed by atoms with Gasteiger partial charge in [0.15, 0.2) is 0 Å². The van der Waals surface area contributed by atoms with Crippen LogP contribution in [0.4, 0.5) is 4.39 Å². The van der Waals surface area contributed by atoms with Crippen molar-refractivity contribution in [2.45, 2.75) is 32.2 Å². The van der Waals surface area contributed by atoms with Crippen molar-refractivity contribution in [1.29, 1.82) is 0 Å². The number of hydrogen-bond donors (Lipinski definition) is 1. The third-order valence-corrected chi connectivity index (χ3v) is 5.51. The maximum atomic E-state index is 13.0. The molecular weight excluding hydrogens is 325 g/mol. The van der Waals surface area contributed by atoms with E-state index in [0.717, 1.165) is 36.5 Å². The molecule has 0 unspecified atom stereocenters. The number of benzene rings is 1. The number of piperidine rings is 1. The van der Waals surface area contributed by atoms with Gasteiger partial charge in [0.1, 0.15) is 10.7 Å². The van der Waals surface area contributed by atoms with Gasteiger partial charge < -0.3 is 10.6 Å². The van der Waals surface area contributed by atoms with Crippen molar-refractivity contribution in [3.63, 3.8) is 0 Å². The van der Waals surface area contributed by atoms with Gasteiger partial charge in [-0.3, -0.25) is 4.79 Å². The van der Waals surface area contributed by atoms with Gasteiger partial charge >= 0.3 is 0 Å². The van der Waals surface area contributed by atoms with Crippen molar-refractivity contribution >= 4 is 17.2 Å². The summed E-state index contributed by atoms with van der Waals surface area (Å²) in [5.74, 6) is 0.167. The van der Waals surface area contributed by atoms with Crippen LogP contribution in [0, 0.1) is 11.7 Å². The first-order valence-electron chi connectivity index (χ1n) is 8.27. The summed E-state index contributed by atoms with van der Waals surface area (Å²) in [7, 11) is 0. The monoisotopic (exact) mass is 347 g/mol. The molecule has 1 fully saturated rings. The molecular formula is C18H22FN3OS. The van der Waals surface area contributed by atoms with Crippen LogP contribution in [0.25, 0.3) is 0 Å². The highest BCUT2D eigenvalue weighted by molar-refractivity contribution is 7.13. The molecule has 1 aromatic carbocycles. The van der Waals surface area contributed by atoms with Crippen LogP contribution in [0.5, 0.6) is 0 Å². The lowest BCUT2D eigenvalue weighted by Crippen LogP contribution is -2.44. The number of hydrogen-bond acceptors (Lipinski definition) is 4. The van der Waals surface area contributed by atoms with E-state index in [-0.39, 0.29) is 17.8 Å². The standard InChI is InChI=1S/C18H22FN3OS/c1-12(20)14-3-2-8-22(11-14)18(23)16-10-21-17(24-16)9-13-4-6-15(19)7-5-13/h4-7,10,12,14H,2-3,8-9,11,20H2,1H3/t12-,14-/m0/s1. The first kappa shape index (κ1) is 17.0. The fourth-order valence-corrected chi connectivity index (χ4v) is 3.97. The van der Waals surface area contributed by atoms with E-state index in [1.54, 1.807) is 18.3 Å². The van der Waals surface area contributed by atoms with Crippen LogP contribution in [0.2, 0.25) is 0 Å². The zero-order valence-corrected chi connectivity index (χ0v) is 14.6. The first-order chi connectivity index (χ1) is 11.5. The second kappa shape index (κ2) is 7.40. The Balaban J connectivity index is 1.66. The summed E-state index contributed by atoms with van der Waals surface area (Å²) < 4.78 is 13.0. The molecule has 0 bridgehead atoms. The Morgan fingerprint density at radius 3 is 2.92 bits per heavy atom. The quantitative estimate of drug-likeness (QED) is 0.925. The van der Waals surface area contributed by atoms with E-state index in [1.807, 2.05) is 11.8 Å². The fourth-order valence-electron chi connectivity index (χ4n) is 3.05.